The number of aromatic nitrogens is 1. The fourth-order valence-corrected chi connectivity index (χ4v) is 3.78. The number of carboxylic acids is 1. The second-order valence-corrected chi connectivity index (χ2v) is 5.69. The van der Waals surface area contributed by atoms with E-state index in [0.29, 0.717) is 18.2 Å². The van der Waals surface area contributed by atoms with Crippen molar-refractivity contribution in [1.29, 1.82) is 5.26 Å². The van der Waals surface area contributed by atoms with Gasteiger partial charge in [-0.1, -0.05) is 12.5 Å². The van der Waals surface area contributed by atoms with E-state index >= 15 is 0 Å². The molecule has 3 unspecified atom stereocenters. The molecule has 3 rings (SSSR count). The second-order valence-electron chi connectivity index (χ2n) is 5.69. The number of pyridine rings is 1. The minimum atomic E-state index is -0.734. The molecule has 0 amide bonds. The van der Waals surface area contributed by atoms with Crippen molar-refractivity contribution in [2.75, 3.05) is 6.54 Å². The number of aliphatic carboxylic acids is 1. The minimum absolute atomic E-state index is 0.273. The zero-order valence-corrected chi connectivity index (χ0v) is 11.2. The highest BCUT2D eigenvalue weighted by Crippen LogP contribution is 2.42. The van der Waals surface area contributed by atoms with Gasteiger partial charge in [-0.2, -0.15) is 5.26 Å². The normalized spacial score (nSPS) is 29.1. The van der Waals surface area contributed by atoms with Crippen LogP contribution < -0.4 is 0 Å². The van der Waals surface area contributed by atoms with Crippen LogP contribution in [0.4, 0.5) is 0 Å². The molecule has 0 radical (unpaired) electrons. The second kappa shape index (κ2) is 5.22. The molecule has 1 saturated heterocycles. The third-order valence-corrected chi connectivity index (χ3v) is 4.61. The summed E-state index contributed by atoms with van der Waals surface area (Å²) in [4.78, 5) is 17.6. The molecule has 20 heavy (non-hydrogen) atoms. The molecule has 1 saturated carbocycles. The number of hydrogen-bond acceptors (Lipinski definition) is 4. The van der Waals surface area contributed by atoms with Crippen LogP contribution in [0.5, 0.6) is 0 Å². The molecule has 1 aromatic heterocycles. The Kier molecular flexibility index (Phi) is 3.41. The van der Waals surface area contributed by atoms with Crippen molar-refractivity contribution in [2.24, 2.45) is 11.8 Å². The summed E-state index contributed by atoms with van der Waals surface area (Å²) in [5.74, 6) is 0.0369. The van der Waals surface area contributed by atoms with E-state index in [9.17, 15) is 9.90 Å². The zero-order valence-electron chi connectivity index (χ0n) is 11.2. The molecule has 3 atom stereocenters. The number of carboxylic acid groups (broad SMARTS) is 1. The first-order valence-electron chi connectivity index (χ1n) is 7.01. The Balaban J connectivity index is 1.83. The number of fused-ring (bicyclic) bond motifs is 1. The summed E-state index contributed by atoms with van der Waals surface area (Å²) in [7, 11) is 0. The van der Waals surface area contributed by atoms with Crippen LogP contribution >= 0.6 is 0 Å². The summed E-state index contributed by atoms with van der Waals surface area (Å²) >= 11 is 0. The van der Waals surface area contributed by atoms with E-state index in [4.69, 9.17) is 5.26 Å². The Morgan fingerprint density at radius 3 is 3.15 bits per heavy atom. The lowest BCUT2D eigenvalue weighted by Gasteiger charge is -2.24. The summed E-state index contributed by atoms with van der Waals surface area (Å²) in [5, 5.41) is 18.6. The van der Waals surface area contributed by atoms with Gasteiger partial charge in [0.2, 0.25) is 0 Å². The van der Waals surface area contributed by atoms with E-state index in [-0.39, 0.29) is 5.92 Å². The first-order valence-corrected chi connectivity index (χ1v) is 7.01. The van der Waals surface area contributed by atoms with Crippen molar-refractivity contribution >= 4 is 5.97 Å². The molecule has 1 aliphatic carbocycles. The van der Waals surface area contributed by atoms with Crippen molar-refractivity contribution in [1.82, 2.24) is 9.88 Å². The summed E-state index contributed by atoms with van der Waals surface area (Å²) in [6, 6.07) is 5.32. The Bertz CT molecular complexity index is 566. The zero-order chi connectivity index (χ0) is 14.1. The Morgan fingerprint density at radius 1 is 1.55 bits per heavy atom. The van der Waals surface area contributed by atoms with E-state index in [2.05, 4.69) is 11.1 Å². The van der Waals surface area contributed by atoms with Crippen LogP contribution in [0.25, 0.3) is 0 Å². The van der Waals surface area contributed by atoms with Gasteiger partial charge < -0.3 is 5.11 Å². The van der Waals surface area contributed by atoms with Crippen LogP contribution in [-0.2, 0) is 11.3 Å². The Morgan fingerprint density at radius 2 is 2.40 bits per heavy atom. The minimum Gasteiger partial charge on any atom is -0.480 e. The van der Waals surface area contributed by atoms with Crippen LogP contribution in [-0.4, -0.2) is 33.5 Å². The van der Waals surface area contributed by atoms with Gasteiger partial charge in [-0.15, -0.1) is 0 Å². The molecule has 2 fully saturated rings. The summed E-state index contributed by atoms with van der Waals surface area (Å²) in [6.45, 7) is 1.32. The SMILES string of the molecule is N#Cc1ncccc1CN1CC2CCCC2C1C(=O)O. The standard InChI is InChI=1S/C15H17N3O2/c16-7-13-11(4-2-6-17-13)9-18-8-10-3-1-5-12(10)14(18)15(19)20/h2,4,6,10,12,14H,1,3,5,8-9H2,(H,19,20). The highest BCUT2D eigenvalue weighted by atomic mass is 16.4. The van der Waals surface area contributed by atoms with Crippen LogP contribution in [0.1, 0.15) is 30.5 Å². The lowest BCUT2D eigenvalue weighted by atomic mass is 9.94. The average molecular weight is 271 g/mol. The predicted octanol–water partition coefficient (Wildman–Crippen LogP) is 1.64. The molecule has 0 spiro atoms. The van der Waals surface area contributed by atoms with Gasteiger partial charge in [-0.05, 0) is 30.7 Å². The smallest absolute Gasteiger partial charge is 0.321 e. The number of likely N-dealkylation sites (tertiary alicyclic amines) is 1. The van der Waals surface area contributed by atoms with E-state index < -0.39 is 12.0 Å². The lowest BCUT2D eigenvalue weighted by Crippen LogP contribution is -2.39. The quantitative estimate of drug-likeness (QED) is 0.904. The van der Waals surface area contributed by atoms with E-state index in [0.717, 1.165) is 31.4 Å². The van der Waals surface area contributed by atoms with Gasteiger partial charge in [-0.25, -0.2) is 4.98 Å². The van der Waals surface area contributed by atoms with Crippen molar-refractivity contribution in [3.05, 3.63) is 29.6 Å². The van der Waals surface area contributed by atoms with Crippen molar-refractivity contribution in [3.8, 4) is 6.07 Å². The van der Waals surface area contributed by atoms with Crippen LogP contribution in [0, 0.1) is 23.2 Å². The number of nitriles is 1. The third-order valence-electron chi connectivity index (χ3n) is 4.61. The molecule has 1 aliphatic heterocycles. The van der Waals surface area contributed by atoms with E-state index in [1.54, 1.807) is 12.3 Å². The van der Waals surface area contributed by atoms with Crippen LogP contribution in [0.3, 0.4) is 0 Å². The fraction of sp³-hybridized carbons (Fsp3) is 0.533. The summed E-state index contributed by atoms with van der Waals surface area (Å²) in [5.41, 5.74) is 1.22. The molecular formula is C15H17N3O2. The lowest BCUT2D eigenvalue weighted by molar-refractivity contribution is -0.143. The maximum atomic E-state index is 11.6. The van der Waals surface area contributed by atoms with Gasteiger partial charge in [0.05, 0.1) is 0 Å². The Labute approximate surface area is 117 Å². The fourth-order valence-electron chi connectivity index (χ4n) is 3.78. The van der Waals surface area contributed by atoms with Gasteiger partial charge in [0, 0.05) is 24.8 Å². The highest BCUT2D eigenvalue weighted by molar-refractivity contribution is 5.74. The van der Waals surface area contributed by atoms with Gasteiger partial charge in [-0.3, -0.25) is 9.69 Å². The molecule has 0 aromatic carbocycles. The monoisotopic (exact) mass is 271 g/mol. The topological polar surface area (TPSA) is 77.2 Å². The maximum absolute atomic E-state index is 11.6. The van der Waals surface area contributed by atoms with Crippen molar-refractivity contribution in [2.45, 2.75) is 31.8 Å². The molecule has 104 valence electrons. The summed E-state index contributed by atoms with van der Waals surface area (Å²) in [6.07, 6.45) is 4.87. The highest BCUT2D eigenvalue weighted by Gasteiger charge is 2.47. The molecular weight excluding hydrogens is 254 g/mol. The third kappa shape index (κ3) is 2.16. The number of rotatable bonds is 3. The summed E-state index contributed by atoms with van der Waals surface area (Å²) < 4.78 is 0. The molecule has 5 nitrogen and oxygen atoms in total. The van der Waals surface area contributed by atoms with Crippen molar-refractivity contribution in [3.63, 3.8) is 0 Å². The van der Waals surface area contributed by atoms with E-state index in [1.165, 1.54) is 0 Å². The maximum Gasteiger partial charge on any atom is 0.321 e. The van der Waals surface area contributed by atoms with E-state index in [1.807, 2.05) is 11.0 Å². The van der Waals surface area contributed by atoms with Gasteiger partial charge in [0.15, 0.2) is 0 Å². The average Bonchev–Trinajstić information content (AvgIpc) is 2.99. The first kappa shape index (κ1) is 13.1. The molecule has 0 bridgehead atoms. The molecule has 5 heteroatoms. The van der Waals surface area contributed by atoms with Gasteiger partial charge >= 0.3 is 5.97 Å². The number of hydrogen-bond donors (Lipinski definition) is 1. The largest absolute Gasteiger partial charge is 0.480 e. The number of nitrogens with zero attached hydrogens (tertiary/aromatic N) is 3. The van der Waals surface area contributed by atoms with Gasteiger partial charge in [0.25, 0.3) is 0 Å². The van der Waals surface area contributed by atoms with Crippen LogP contribution in [0.2, 0.25) is 0 Å². The van der Waals surface area contributed by atoms with Gasteiger partial charge in [0.1, 0.15) is 17.8 Å². The molecule has 2 aliphatic rings. The predicted molar refractivity (Wildman–Crippen MR) is 71.6 cm³/mol. The Hall–Kier alpha value is -1.93. The molecule has 2 heterocycles. The molecule has 1 N–H and O–H groups in total. The first-order chi connectivity index (χ1) is 9.70. The van der Waals surface area contributed by atoms with Crippen LogP contribution in [0.15, 0.2) is 18.3 Å². The van der Waals surface area contributed by atoms with Crippen molar-refractivity contribution < 1.29 is 9.90 Å². The molecule has 1 aromatic rings. The number of carbonyl (C=O) groups is 1.